The first-order valence-corrected chi connectivity index (χ1v) is 3.59. The zero-order valence-electron chi connectivity index (χ0n) is 7.15. The highest BCUT2D eigenvalue weighted by Gasteiger charge is 2.20. The highest BCUT2D eigenvalue weighted by atomic mass is 19.1. The van der Waals surface area contributed by atoms with Crippen LogP contribution in [-0.2, 0) is 4.79 Å². The molecule has 14 heavy (non-hydrogen) atoms. The Hall–Kier alpha value is -2.07. The van der Waals surface area contributed by atoms with Crippen LogP contribution in [0.2, 0.25) is 0 Å². The minimum Gasteiger partial charge on any atom is -0.258 e. The van der Waals surface area contributed by atoms with Gasteiger partial charge in [-0.05, 0) is 19.1 Å². The maximum Gasteiger partial charge on any atom is 0.301 e. The van der Waals surface area contributed by atoms with Gasteiger partial charge in [-0.1, -0.05) is 0 Å². The molecule has 0 amide bonds. The average Bonchev–Trinajstić information content (AvgIpc) is 2.11. The number of carbonyl (C=O) groups excluding carboxylic acids is 1. The molecule has 0 saturated heterocycles. The third-order valence-electron chi connectivity index (χ3n) is 1.64. The van der Waals surface area contributed by atoms with Crippen molar-refractivity contribution < 1.29 is 14.1 Å². The second kappa shape index (κ2) is 3.76. The molecule has 0 saturated carbocycles. The molecule has 0 fully saturated rings. The van der Waals surface area contributed by atoms with E-state index in [1.807, 2.05) is 0 Å². The van der Waals surface area contributed by atoms with Crippen molar-refractivity contribution in [1.29, 1.82) is 0 Å². The molecule has 0 aliphatic heterocycles. The largest absolute Gasteiger partial charge is 0.301 e. The van der Waals surface area contributed by atoms with Crippen molar-refractivity contribution in [2.24, 2.45) is 4.99 Å². The van der Waals surface area contributed by atoms with E-state index in [4.69, 9.17) is 0 Å². The second-order valence-electron chi connectivity index (χ2n) is 2.52. The molecular formula is C8H5FN2O3. The van der Waals surface area contributed by atoms with Crippen LogP contribution in [0.25, 0.3) is 0 Å². The number of rotatable bonds is 2. The van der Waals surface area contributed by atoms with Gasteiger partial charge >= 0.3 is 5.69 Å². The van der Waals surface area contributed by atoms with Crippen LogP contribution in [0, 0.1) is 22.9 Å². The summed E-state index contributed by atoms with van der Waals surface area (Å²) in [6, 6.07) is 2.26. The molecule has 72 valence electrons. The molecule has 0 aliphatic rings. The summed E-state index contributed by atoms with van der Waals surface area (Å²) in [6.07, 6.45) is 1.08. The average molecular weight is 196 g/mol. The van der Waals surface area contributed by atoms with E-state index in [2.05, 4.69) is 4.99 Å². The molecular weight excluding hydrogens is 191 g/mol. The molecule has 0 unspecified atom stereocenters. The fourth-order valence-electron chi connectivity index (χ4n) is 1.04. The Morgan fingerprint density at radius 3 is 2.71 bits per heavy atom. The van der Waals surface area contributed by atoms with Crippen LogP contribution in [-0.4, -0.2) is 11.0 Å². The summed E-state index contributed by atoms with van der Waals surface area (Å²) in [4.78, 5) is 22.6. The number of nitrogens with zero attached hydrogens (tertiary/aromatic N) is 2. The molecule has 0 N–H and O–H groups in total. The summed E-state index contributed by atoms with van der Waals surface area (Å²) >= 11 is 0. The first kappa shape index (κ1) is 10.0. The molecule has 0 aromatic heterocycles. The Balaban J connectivity index is 3.57. The number of aryl methyl sites for hydroxylation is 1. The molecule has 0 spiro atoms. The smallest absolute Gasteiger partial charge is 0.258 e. The minimum atomic E-state index is -0.911. The number of hydrogen-bond donors (Lipinski definition) is 0. The predicted octanol–water partition coefficient (Wildman–Crippen LogP) is 2.01. The van der Waals surface area contributed by atoms with Gasteiger partial charge in [0.15, 0.2) is 11.5 Å². The Bertz CT molecular complexity index is 411. The van der Waals surface area contributed by atoms with Gasteiger partial charge in [0.05, 0.1) is 4.92 Å². The van der Waals surface area contributed by atoms with Crippen LogP contribution in [0.3, 0.4) is 0 Å². The van der Waals surface area contributed by atoms with Crippen LogP contribution in [0.5, 0.6) is 0 Å². The number of aliphatic imine (C=N–C) groups is 1. The maximum atomic E-state index is 13.0. The SMILES string of the molecule is Cc1ccc(F)c(N=C=O)c1[N+](=O)[O-]. The topological polar surface area (TPSA) is 72.6 Å². The molecule has 1 aromatic carbocycles. The molecule has 1 rings (SSSR count). The van der Waals surface area contributed by atoms with E-state index in [-0.39, 0.29) is 5.56 Å². The van der Waals surface area contributed by atoms with Crippen molar-refractivity contribution in [2.45, 2.75) is 6.92 Å². The lowest BCUT2D eigenvalue weighted by Crippen LogP contribution is -1.94. The summed E-state index contributed by atoms with van der Waals surface area (Å²) < 4.78 is 13.0. The van der Waals surface area contributed by atoms with Crippen LogP contribution in [0.1, 0.15) is 5.56 Å². The summed E-state index contributed by atoms with van der Waals surface area (Å²) in [7, 11) is 0. The monoisotopic (exact) mass is 196 g/mol. The van der Waals surface area contributed by atoms with Crippen molar-refractivity contribution >= 4 is 17.5 Å². The second-order valence-corrected chi connectivity index (χ2v) is 2.52. The van der Waals surface area contributed by atoms with E-state index in [0.717, 1.165) is 12.1 Å². The fraction of sp³-hybridized carbons (Fsp3) is 0.125. The van der Waals surface area contributed by atoms with Gasteiger partial charge in [0.25, 0.3) is 0 Å². The van der Waals surface area contributed by atoms with E-state index < -0.39 is 22.1 Å². The Morgan fingerprint density at radius 2 is 2.21 bits per heavy atom. The predicted molar refractivity (Wildman–Crippen MR) is 45.6 cm³/mol. The fourth-order valence-corrected chi connectivity index (χ4v) is 1.04. The normalized spacial score (nSPS) is 9.29. The number of halogens is 1. The summed E-state index contributed by atoms with van der Waals surface area (Å²) in [5.41, 5.74) is -0.844. The molecule has 0 bridgehead atoms. The molecule has 0 aliphatic carbocycles. The van der Waals surface area contributed by atoms with Crippen LogP contribution in [0.15, 0.2) is 17.1 Å². The summed E-state index contributed by atoms with van der Waals surface area (Å²) in [5, 5.41) is 10.5. The first-order chi connectivity index (χ1) is 6.57. The summed E-state index contributed by atoms with van der Waals surface area (Å²) in [5.74, 6) is -0.911. The van der Waals surface area contributed by atoms with Crippen LogP contribution >= 0.6 is 0 Å². The Kier molecular flexibility index (Phi) is 2.69. The minimum absolute atomic E-state index is 0.241. The van der Waals surface area contributed by atoms with Crippen LogP contribution < -0.4 is 0 Å². The molecule has 6 heteroatoms. The highest BCUT2D eigenvalue weighted by molar-refractivity contribution is 5.65. The van der Waals surface area contributed by atoms with Crippen LogP contribution in [0.4, 0.5) is 15.8 Å². The van der Waals surface area contributed by atoms with E-state index in [0.29, 0.717) is 0 Å². The van der Waals surface area contributed by atoms with Gasteiger partial charge in [-0.15, -0.1) is 0 Å². The molecule has 0 atom stereocenters. The Labute approximate surface area is 78.0 Å². The third kappa shape index (κ3) is 1.65. The number of benzene rings is 1. The van der Waals surface area contributed by atoms with Crippen molar-refractivity contribution in [1.82, 2.24) is 0 Å². The van der Waals surface area contributed by atoms with E-state index >= 15 is 0 Å². The van der Waals surface area contributed by atoms with Gasteiger partial charge in [-0.25, -0.2) is 9.18 Å². The van der Waals surface area contributed by atoms with Gasteiger partial charge in [-0.3, -0.25) is 10.1 Å². The lowest BCUT2D eigenvalue weighted by atomic mass is 10.1. The van der Waals surface area contributed by atoms with Gasteiger partial charge in [0.2, 0.25) is 6.08 Å². The number of nitro benzene ring substituents is 1. The van der Waals surface area contributed by atoms with Gasteiger partial charge in [0, 0.05) is 5.56 Å². The van der Waals surface area contributed by atoms with Crippen molar-refractivity contribution in [3.05, 3.63) is 33.6 Å². The van der Waals surface area contributed by atoms with Gasteiger partial charge < -0.3 is 0 Å². The van der Waals surface area contributed by atoms with Crippen molar-refractivity contribution in [3.63, 3.8) is 0 Å². The van der Waals surface area contributed by atoms with E-state index in [1.165, 1.54) is 13.0 Å². The van der Waals surface area contributed by atoms with Gasteiger partial charge in [0.1, 0.15) is 0 Å². The lowest BCUT2D eigenvalue weighted by molar-refractivity contribution is -0.384. The quantitative estimate of drug-likeness (QED) is 0.314. The zero-order chi connectivity index (χ0) is 10.7. The molecule has 5 nitrogen and oxygen atoms in total. The first-order valence-electron chi connectivity index (χ1n) is 3.59. The van der Waals surface area contributed by atoms with Gasteiger partial charge in [-0.2, -0.15) is 4.99 Å². The highest BCUT2D eigenvalue weighted by Crippen LogP contribution is 2.32. The number of nitro groups is 1. The van der Waals surface area contributed by atoms with Crippen molar-refractivity contribution in [3.8, 4) is 0 Å². The standard InChI is InChI=1S/C8H5FN2O3/c1-5-2-3-6(9)7(10-4-12)8(5)11(13)14/h2-3H,1H3. The molecule has 0 radical (unpaired) electrons. The molecule has 1 aromatic rings. The van der Waals surface area contributed by atoms with E-state index in [9.17, 15) is 19.3 Å². The maximum absolute atomic E-state index is 13.0. The number of isocyanates is 1. The third-order valence-corrected chi connectivity index (χ3v) is 1.64. The molecule has 0 heterocycles. The Morgan fingerprint density at radius 1 is 1.57 bits per heavy atom. The van der Waals surface area contributed by atoms with Crippen molar-refractivity contribution in [2.75, 3.05) is 0 Å². The summed E-state index contributed by atoms with van der Waals surface area (Å²) in [6.45, 7) is 1.43. The lowest BCUT2D eigenvalue weighted by Gasteiger charge is -1.99. The zero-order valence-corrected chi connectivity index (χ0v) is 7.15. The number of hydrogen-bond acceptors (Lipinski definition) is 4. The van der Waals surface area contributed by atoms with E-state index in [1.54, 1.807) is 0 Å².